The minimum atomic E-state index is -0.442. The average molecular weight is 249 g/mol. The molecule has 1 aliphatic rings. The summed E-state index contributed by atoms with van der Waals surface area (Å²) in [5.74, 6) is 0.252. The third-order valence-corrected chi connectivity index (χ3v) is 3.11. The van der Waals surface area contributed by atoms with E-state index in [1.54, 1.807) is 18.7 Å². The second-order valence-electron chi connectivity index (χ2n) is 4.47. The molecular weight excluding hydrogens is 230 g/mol. The van der Waals surface area contributed by atoms with Crippen molar-refractivity contribution < 1.29 is 4.79 Å². The number of amides is 1. The number of carbonyl (C=O) groups is 1. The van der Waals surface area contributed by atoms with Gasteiger partial charge < -0.3 is 16.4 Å². The molecule has 6 nitrogen and oxygen atoms in total. The second-order valence-corrected chi connectivity index (χ2v) is 4.47. The molecule has 98 valence electrons. The van der Waals surface area contributed by atoms with E-state index in [1.165, 1.54) is 5.57 Å². The van der Waals surface area contributed by atoms with Gasteiger partial charge in [-0.15, -0.1) is 0 Å². The van der Waals surface area contributed by atoms with Gasteiger partial charge in [-0.3, -0.25) is 9.48 Å². The Hall–Kier alpha value is -1.82. The Morgan fingerprint density at radius 2 is 2.44 bits per heavy atom. The fourth-order valence-electron chi connectivity index (χ4n) is 2.18. The van der Waals surface area contributed by atoms with Crippen molar-refractivity contribution >= 4 is 11.7 Å². The summed E-state index contributed by atoms with van der Waals surface area (Å²) in [6, 6.07) is 0. The molecule has 0 fully saturated rings. The zero-order valence-electron chi connectivity index (χ0n) is 10.8. The lowest BCUT2D eigenvalue weighted by atomic mass is 10.1. The molecule has 0 saturated heterocycles. The van der Waals surface area contributed by atoms with Crippen LogP contribution in [0.4, 0.5) is 5.82 Å². The summed E-state index contributed by atoms with van der Waals surface area (Å²) < 4.78 is 1.66. The summed E-state index contributed by atoms with van der Waals surface area (Å²) in [7, 11) is 1.80. The van der Waals surface area contributed by atoms with Crippen LogP contribution in [0.25, 0.3) is 0 Å². The SMILES string of the molecule is Cc1nn(C)c(NCC2=CCNCC2)c1C(N)=O. The minimum absolute atomic E-state index is 0.442. The van der Waals surface area contributed by atoms with Crippen LogP contribution < -0.4 is 16.4 Å². The minimum Gasteiger partial charge on any atom is -0.366 e. The summed E-state index contributed by atoms with van der Waals surface area (Å²) in [5.41, 5.74) is 7.85. The van der Waals surface area contributed by atoms with Gasteiger partial charge in [-0.1, -0.05) is 11.6 Å². The molecule has 0 radical (unpaired) electrons. The van der Waals surface area contributed by atoms with E-state index in [9.17, 15) is 4.79 Å². The van der Waals surface area contributed by atoms with Gasteiger partial charge in [0.05, 0.1) is 5.69 Å². The Morgan fingerprint density at radius 3 is 3.06 bits per heavy atom. The Labute approximate surface area is 106 Å². The fraction of sp³-hybridized carbons (Fsp3) is 0.500. The molecule has 2 heterocycles. The van der Waals surface area contributed by atoms with Gasteiger partial charge in [0.25, 0.3) is 5.91 Å². The van der Waals surface area contributed by atoms with Gasteiger partial charge in [0.15, 0.2) is 0 Å². The molecule has 0 saturated carbocycles. The number of nitrogens with one attached hydrogen (secondary N) is 2. The van der Waals surface area contributed by atoms with E-state index < -0.39 is 5.91 Å². The van der Waals surface area contributed by atoms with Gasteiger partial charge in [0.1, 0.15) is 11.4 Å². The average Bonchev–Trinajstić information content (AvgIpc) is 2.62. The lowest BCUT2D eigenvalue weighted by molar-refractivity contribution is 0.100. The van der Waals surface area contributed by atoms with Crippen LogP contribution >= 0.6 is 0 Å². The van der Waals surface area contributed by atoms with E-state index in [2.05, 4.69) is 21.8 Å². The maximum Gasteiger partial charge on any atom is 0.254 e. The Morgan fingerprint density at radius 1 is 1.67 bits per heavy atom. The molecule has 0 atom stereocenters. The summed E-state index contributed by atoms with van der Waals surface area (Å²) in [6.45, 7) is 4.42. The lowest BCUT2D eigenvalue weighted by Gasteiger charge is -2.15. The maximum absolute atomic E-state index is 11.4. The van der Waals surface area contributed by atoms with Crippen LogP contribution in [-0.4, -0.2) is 35.3 Å². The number of nitrogens with two attached hydrogens (primary N) is 1. The molecule has 0 aliphatic carbocycles. The highest BCUT2D eigenvalue weighted by molar-refractivity contribution is 5.98. The van der Waals surface area contributed by atoms with Crippen LogP contribution in [0.15, 0.2) is 11.6 Å². The highest BCUT2D eigenvalue weighted by Crippen LogP contribution is 2.18. The molecular formula is C12H19N5O. The van der Waals surface area contributed by atoms with Crippen molar-refractivity contribution in [3.05, 3.63) is 22.9 Å². The van der Waals surface area contributed by atoms with Crippen molar-refractivity contribution in [3.63, 3.8) is 0 Å². The molecule has 0 aromatic carbocycles. The van der Waals surface area contributed by atoms with Crippen LogP contribution in [-0.2, 0) is 7.05 Å². The number of rotatable bonds is 4. The van der Waals surface area contributed by atoms with Gasteiger partial charge in [0, 0.05) is 20.1 Å². The van der Waals surface area contributed by atoms with E-state index in [0.29, 0.717) is 17.1 Å². The number of hydrogen-bond donors (Lipinski definition) is 3. The first-order valence-corrected chi connectivity index (χ1v) is 6.05. The number of anilines is 1. The van der Waals surface area contributed by atoms with Gasteiger partial charge in [0.2, 0.25) is 0 Å². The van der Waals surface area contributed by atoms with Gasteiger partial charge >= 0.3 is 0 Å². The maximum atomic E-state index is 11.4. The highest BCUT2D eigenvalue weighted by atomic mass is 16.1. The van der Waals surface area contributed by atoms with Crippen LogP contribution in [0.1, 0.15) is 22.5 Å². The number of aryl methyl sites for hydroxylation is 2. The molecule has 1 aliphatic heterocycles. The Bertz CT molecular complexity index is 489. The molecule has 1 amide bonds. The lowest BCUT2D eigenvalue weighted by Crippen LogP contribution is -2.24. The van der Waals surface area contributed by atoms with Gasteiger partial charge in [-0.25, -0.2) is 0 Å². The molecule has 0 bridgehead atoms. The van der Waals surface area contributed by atoms with E-state index in [4.69, 9.17) is 5.73 Å². The topological polar surface area (TPSA) is 85.0 Å². The normalized spacial score (nSPS) is 15.3. The standard InChI is InChI=1S/C12H19N5O/c1-8-10(11(13)18)12(17(2)16-8)15-7-9-3-5-14-6-4-9/h3,14-15H,4-7H2,1-2H3,(H2,13,18). The van der Waals surface area contributed by atoms with Crippen LogP contribution in [0.5, 0.6) is 0 Å². The van der Waals surface area contributed by atoms with Crippen molar-refractivity contribution in [1.29, 1.82) is 0 Å². The zero-order chi connectivity index (χ0) is 13.1. The molecule has 0 spiro atoms. The Kier molecular flexibility index (Phi) is 3.66. The van der Waals surface area contributed by atoms with Crippen LogP contribution in [0, 0.1) is 6.92 Å². The summed E-state index contributed by atoms with van der Waals surface area (Å²) in [5, 5.41) is 10.7. The van der Waals surface area contributed by atoms with Gasteiger partial charge in [-0.05, 0) is 19.9 Å². The van der Waals surface area contributed by atoms with Crippen molar-refractivity contribution in [2.45, 2.75) is 13.3 Å². The molecule has 4 N–H and O–H groups in total. The first kappa shape index (κ1) is 12.6. The summed E-state index contributed by atoms with van der Waals surface area (Å²) >= 11 is 0. The van der Waals surface area contributed by atoms with Crippen LogP contribution in [0.2, 0.25) is 0 Å². The molecule has 2 rings (SSSR count). The summed E-state index contributed by atoms with van der Waals surface area (Å²) in [6.07, 6.45) is 3.19. The van der Waals surface area contributed by atoms with E-state index >= 15 is 0 Å². The van der Waals surface area contributed by atoms with Crippen molar-refractivity contribution in [1.82, 2.24) is 15.1 Å². The quantitative estimate of drug-likeness (QED) is 0.664. The molecule has 6 heteroatoms. The number of primary amides is 1. The van der Waals surface area contributed by atoms with Crippen molar-refractivity contribution in [2.24, 2.45) is 12.8 Å². The second kappa shape index (κ2) is 5.22. The van der Waals surface area contributed by atoms with E-state index in [1.807, 2.05) is 0 Å². The van der Waals surface area contributed by atoms with Crippen molar-refractivity contribution in [3.8, 4) is 0 Å². The Balaban J connectivity index is 2.13. The predicted molar refractivity (Wildman–Crippen MR) is 70.5 cm³/mol. The predicted octanol–water partition coefficient (Wildman–Crippen LogP) is 0.159. The fourth-order valence-corrected chi connectivity index (χ4v) is 2.18. The number of aromatic nitrogens is 2. The van der Waals surface area contributed by atoms with E-state index in [0.717, 1.165) is 26.1 Å². The molecule has 0 unspecified atom stereocenters. The zero-order valence-corrected chi connectivity index (χ0v) is 10.8. The molecule has 1 aromatic rings. The van der Waals surface area contributed by atoms with Crippen LogP contribution in [0.3, 0.4) is 0 Å². The first-order valence-electron chi connectivity index (χ1n) is 6.05. The molecule has 1 aromatic heterocycles. The third kappa shape index (κ3) is 2.53. The number of carbonyl (C=O) groups excluding carboxylic acids is 1. The van der Waals surface area contributed by atoms with Gasteiger partial charge in [-0.2, -0.15) is 5.10 Å². The third-order valence-electron chi connectivity index (χ3n) is 3.11. The van der Waals surface area contributed by atoms with Crippen molar-refractivity contribution in [2.75, 3.05) is 25.0 Å². The summed E-state index contributed by atoms with van der Waals surface area (Å²) in [4.78, 5) is 11.4. The van der Waals surface area contributed by atoms with E-state index in [-0.39, 0.29) is 0 Å². The number of hydrogen-bond acceptors (Lipinski definition) is 4. The first-order chi connectivity index (χ1) is 8.59. The smallest absolute Gasteiger partial charge is 0.254 e. The number of nitrogens with zero attached hydrogens (tertiary/aromatic N) is 2. The highest BCUT2D eigenvalue weighted by Gasteiger charge is 2.17. The largest absolute Gasteiger partial charge is 0.366 e. The molecule has 18 heavy (non-hydrogen) atoms. The monoisotopic (exact) mass is 249 g/mol.